The van der Waals surface area contributed by atoms with Crippen LogP contribution in [0.15, 0.2) is 75.2 Å². The summed E-state index contributed by atoms with van der Waals surface area (Å²) in [6.45, 7) is 6.43. The molecule has 1 amide bonds. The molecule has 0 radical (unpaired) electrons. The van der Waals surface area contributed by atoms with Crippen molar-refractivity contribution in [3.63, 3.8) is 0 Å². The zero-order valence-electron chi connectivity index (χ0n) is 18.6. The van der Waals surface area contributed by atoms with Crippen molar-refractivity contribution in [3.05, 3.63) is 77.2 Å². The molecule has 9 heteroatoms. The maximum atomic E-state index is 14.0. The lowest BCUT2D eigenvalue weighted by atomic mass is 9.87. The van der Waals surface area contributed by atoms with E-state index in [-0.39, 0.29) is 22.8 Å². The molecule has 1 unspecified atom stereocenters. The molecule has 2 heterocycles. The maximum Gasteiger partial charge on any atom is 0.266 e. The van der Waals surface area contributed by atoms with Crippen molar-refractivity contribution in [1.29, 1.82) is 0 Å². The zero-order valence-corrected chi connectivity index (χ0v) is 19.4. The highest BCUT2D eigenvalue weighted by Crippen LogP contribution is 2.25. The number of carbonyl (C=O) groups is 1. The number of rotatable bonds is 4. The van der Waals surface area contributed by atoms with E-state index in [1.54, 1.807) is 12.1 Å². The lowest BCUT2D eigenvalue weighted by molar-refractivity contribution is 0.0940. The first-order chi connectivity index (χ1) is 15.6. The fourth-order valence-electron chi connectivity index (χ4n) is 3.59. The number of hydrogen-bond acceptors (Lipinski definition) is 5. The lowest BCUT2D eigenvalue weighted by Crippen LogP contribution is -2.39. The molecule has 33 heavy (non-hydrogen) atoms. The number of nitrogens with one attached hydrogen (secondary N) is 1. The van der Waals surface area contributed by atoms with Crippen molar-refractivity contribution in [3.8, 4) is 0 Å². The van der Waals surface area contributed by atoms with Crippen LogP contribution in [-0.4, -0.2) is 43.4 Å². The number of fused-ring (bicyclic) bond motifs is 1. The highest BCUT2D eigenvalue weighted by molar-refractivity contribution is 7.89. The lowest BCUT2D eigenvalue weighted by Gasteiger charge is -2.28. The molecular formula is C24H25FN4O3S. The summed E-state index contributed by atoms with van der Waals surface area (Å²) in [4.78, 5) is 20.9. The molecule has 4 rings (SSSR count). The SMILES string of the molecule is CC(C)(C)c1ccc(C(=O)NC2N=CC3=CN(S(=O)(=O)c4ccccc4F)CCC3=N2)cc1. The normalized spacial score (nSPS) is 18.3. The summed E-state index contributed by atoms with van der Waals surface area (Å²) < 4.78 is 40.8. The molecule has 0 saturated heterocycles. The maximum absolute atomic E-state index is 14.0. The molecule has 0 aliphatic carbocycles. The first-order valence-corrected chi connectivity index (χ1v) is 12.0. The monoisotopic (exact) mass is 468 g/mol. The van der Waals surface area contributed by atoms with Gasteiger partial charge in [-0.2, -0.15) is 0 Å². The number of nitrogens with zero attached hydrogens (tertiary/aromatic N) is 3. The molecule has 2 aromatic rings. The van der Waals surface area contributed by atoms with E-state index in [1.165, 1.54) is 30.6 Å². The third-order valence-electron chi connectivity index (χ3n) is 5.51. The zero-order chi connectivity index (χ0) is 23.8. The fourth-order valence-corrected chi connectivity index (χ4v) is 5.00. The first-order valence-electron chi connectivity index (χ1n) is 10.6. The molecule has 2 aliphatic rings. The topological polar surface area (TPSA) is 91.2 Å². The summed E-state index contributed by atoms with van der Waals surface area (Å²) >= 11 is 0. The van der Waals surface area contributed by atoms with Gasteiger partial charge in [-0.3, -0.25) is 9.10 Å². The van der Waals surface area contributed by atoms with E-state index in [2.05, 4.69) is 36.1 Å². The number of carbonyl (C=O) groups excluding carboxylic acids is 1. The summed E-state index contributed by atoms with van der Waals surface area (Å²) in [5.41, 5.74) is 2.78. The van der Waals surface area contributed by atoms with Crippen LogP contribution in [0.2, 0.25) is 0 Å². The molecule has 2 aromatic carbocycles. The predicted molar refractivity (Wildman–Crippen MR) is 125 cm³/mol. The minimum atomic E-state index is -4.03. The standard InChI is InChI=1S/C24H25FN4O3S/c1-24(2,3)18-10-8-16(9-11-18)22(30)28-23-26-14-17-15-29(13-12-20(17)27-23)33(31,32)21-7-5-4-6-19(21)25/h4-11,14-15,23H,12-13H2,1-3H3,(H,28,30). The van der Waals surface area contributed by atoms with Gasteiger partial charge < -0.3 is 5.32 Å². The minimum Gasteiger partial charge on any atom is -0.312 e. The van der Waals surface area contributed by atoms with Crippen LogP contribution in [-0.2, 0) is 15.4 Å². The van der Waals surface area contributed by atoms with Crippen molar-refractivity contribution in [2.45, 2.75) is 43.8 Å². The Morgan fingerprint density at radius 3 is 2.48 bits per heavy atom. The second-order valence-corrected chi connectivity index (χ2v) is 10.8. The van der Waals surface area contributed by atoms with Gasteiger partial charge >= 0.3 is 0 Å². The van der Waals surface area contributed by atoms with Gasteiger partial charge in [0.2, 0.25) is 6.29 Å². The largest absolute Gasteiger partial charge is 0.312 e. The van der Waals surface area contributed by atoms with Gasteiger partial charge in [-0.15, -0.1) is 0 Å². The highest BCUT2D eigenvalue weighted by atomic mass is 32.2. The van der Waals surface area contributed by atoms with Crippen LogP contribution in [0.4, 0.5) is 4.39 Å². The Kier molecular flexibility index (Phi) is 5.92. The van der Waals surface area contributed by atoms with Gasteiger partial charge in [0.15, 0.2) is 0 Å². The van der Waals surface area contributed by atoms with Crippen LogP contribution in [0.5, 0.6) is 0 Å². The Morgan fingerprint density at radius 1 is 1.12 bits per heavy atom. The number of sulfonamides is 1. The number of allylic oxidation sites excluding steroid dienone is 1. The van der Waals surface area contributed by atoms with E-state index in [4.69, 9.17) is 0 Å². The average molecular weight is 469 g/mol. The Hall–Kier alpha value is -3.33. The number of benzene rings is 2. The van der Waals surface area contributed by atoms with Gasteiger partial charge in [0.1, 0.15) is 10.7 Å². The van der Waals surface area contributed by atoms with Gasteiger partial charge in [-0.1, -0.05) is 45.0 Å². The van der Waals surface area contributed by atoms with Gasteiger partial charge in [-0.05, 0) is 35.2 Å². The summed E-state index contributed by atoms with van der Waals surface area (Å²) in [7, 11) is -4.03. The molecule has 0 fully saturated rings. The minimum absolute atomic E-state index is 0.00793. The second-order valence-electron chi connectivity index (χ2n) is 8.91. The summed E-state index contributed by atoms with van der Waals surface area (Å²) in [5.74, 6) is -1.10. The molecule has 0 spiro atoms. The van der Waals surface area contributed by atoms with E-state index < -0.39 is 22.1 Å². The predicted octanol–water partition coefficient (Wildman–Crippen LogP) is 3.64. The van der Waals surface area contributed by atoms with Crippen molar-refractivity contribution in [2.75, 3.05) is 6.54 Å². The van der Waals surface area contributed by atoms with Gasteiger partial charge in [0, 0.05) is 36.5 Å². The van der Waals surface area contributed by atoms with Crippen molar-refractivity contribution >= 4 is 27.9 Å². The molecule has 0 saturated carbocycles. The highest BCUT2D eigenvalue weighted by Gasteiger charge is 2.30. The molecule has 2 aliphatic heterocycles. The average Bonchev–Trinajstić information content (AvgIpc) is 2.78. The van der Waals surface area contributed by atoms with Gasteiger partial charge in [-0.25, -0.2) is 22.8 Å². The van der Waals surface area contributed by atoms with Crippen molar-refractivity contribution < 1.29 is 17.6 Å². The Morgan fingerprint density at radius 2 is 1.82 bits per heavy atom. The fraction of sp³-hybridized carbons (Fsp3) is 0.292. The third-order valence-corrected chi connectivity index (χ3v) is 7.31. The van der Waals surface area contributed by atoms with Crippen LogP contribution in [0.1, 0.15) is 43.1 Å². The van der Waals surface area contributed by atoms with Crippen LogP contribution >= 0.6 is 0 Å². The summed E-state index contributed by atoms with van der Waals surface area (Å²) in [6.07, 6.45) is 2.41. The van der Waals surface area contributed by atoms with Crippen LogP contribution in [0, 0.1) is 5.82 Å². The molecule has 172 valence electrons. The number of hydrogen-bond donors (Lipinski definition) is 1. The molecule has 0 bridgehead atoms. The number of aliphatic imine (C=N–C) groups is 2. The van der Waals surface area contributed by atoms with E-state index in [0.29, 0.717) is 23.3 Å². The Labute approximate surface area is 192 Å². The quantitative estimate of drug-likeness (QED) is 0.743. The van der Waals surface area contributed by atoms with Gasteiger partial charge in [0.25, 0.3) is 15.9 Å². The first kappa shape index (κ1) is 22.8. The van der Waals surface area contributed by atoms with Crippen LogP contribution in [0.3, 0.4) is 0 Å². The van der Waals surface area contributed by atoms with Crippen LogP contribution < -0.4 is 5.32 Å². The van der Waals surface area contributed by atoms with E-state index in [1.807, 2.05) is 12.1 Å². The van der Waals surface area contributed by atoms with Crippen molar-refractivity contribution in [1.82, 2.24) is 9.62 Å². The van der Waals surface area contributed by atoms with Gasteiger partial charge in [0.05, 0.1) is 5.71 Å². The second kappa shape index (κ2) is 8.55. The molecule has 7 nitrogen and oxygen atoms in total. The van der Waals surface area contributed by atoms with Crippen LogP contribution in [0.25, 0.3) is 0 Å². The molecular weight excluding hydrogens is 443 g/mol. The smallest absolute Gasteiger partial charge is 0.266 e. The van der Waals surface area contributed by atoms with Crippen molar-refractivity contribution in [2.24, 2.45) is 9.98 Å². The van der Waals surface area contributed by atoms with E-state index >= 15 is 0 Å². The molecule has 1 atom stereocenters. The Bertz CT molecular complexity index is 1280. The number of halogens is 1. The Balaban J connectivity index is 1.47. The van der Waals surface area contributed by atoms with E-state index in [9.17, 15) is 17.6 Å². The summed E-state index contributed by atoms with van der Waals surface area (Å²) in [6, 6.07) is 12.7. The van der Waals surface area contributed by atoms with E-state index in [0.717, 1.165) is 15.9 Å². The molecule has 1 N–H and O–H groups in total. The molecule has 0 aromatic heterocycles. The number of amides is 1. The third kappa shape index (κ3) is 4.73. The summed E-state index contributed by atoms with van der Waals surface area (Å²) in [5, 5.41) is 2.77.